The summed E-state index contributed by atoms with van der Waals surface area (Å²) < 4.78 is 0. The summed E-state index contributed by atoms with van der Waals surface area (Å²) >= 11 is 0. The first-order chi connectivity index (χ1) is 8.27. The molecule has 1 N–H and O–H groups in total. The molecule has 2 aromatic rings. The number of fused-ring (bicyclic) bond motifs is 1. The van der Waals surface area contributed by atoms with Gasteiger partial charge in [0.2, 0.25) is 0 Å². The molecule has 3 nitrogen and oxygen atoms in total. The molecule has 0 unspecified atom stereocenters. The lowest BCUT2D eigenvalue weighted by Gasteiger charge is -2.24. The maximum atomic E-state index is 4.47. The van der Waals surface area contributed by atoms with E-state index >= 15 is 0 Å². The third kappa shape index (κ3) is 1.55. The fourth-order valence-corrected chi connectivity index (χ4v) is 2.33. The molecule has 0 fully saturated rings. The second-order valence-corrected chi connectivity index (χ2v) is 4.35. The topological polar surface area (TPSA) is 28.2 Å². The van der Waals surface area contributed by atoms with Crippen LogP contribution in [0.1, 0.15) is 12.5 Å². The third-order valence-corrected chi connectivity index (χ3v) is 3.14. The van der Waals surface area contributed by atoms with E-state index in [0.29, 0.717) is 0 Å². The average Bonchev–Trinajstić information content (AvgIpc) is 2.66. The van der Waals surface area contributed by atoms with Crippen LogP contribution in [-0.4, -0.2) is 11.1 Å². The minimum Gasteiger partial charge on any atom is -0.362 e. The lowest BCUT2D eigenvalue weighted by molar-refractivity contribution is 0.831. The zero-order valence-corrected chi connectivity index (χ0v) is 10.0. The lowest BCUT2D eigenvalue weighted by atomic mass is 10.2. The van der Waals surface area contributed by atoms with E-state index in [1.807, 2.05) is 12.3 Å². The molecule has 0 amide bonds. The number of rotatable bonds is 1. The number of hydrogen-bond acceptors (Lipinski definition) is 3. The highest BCUT2D eigenvalue weighted by molar-refractivity contribution is 5.80. The Labute approximate surface area is 101 Å². The van der Waals surface area contributed by atoms with Gasteiger partial charge in [-0.1, -0.05) is 18.2 Å². The molecule has 0 radical (unpaired) electrons. The van der Waals surface area contributed by atoms with Crippen LogP contribution in [0.25, 0.3) is 0 Å². The third-order valence-electron chi connectivity index (χ3n) is 3.14. The first-order valence-corrected chi connectivity index (χ1v) is 5.84. The Hall–Kier alpha value is -2.03. The summed E-state index contributed by atoms with van der Waals surface area (Å²) in [4.78, 5) is 6.71. The first kappa shape index (κ1) is 10.1. The van der Waals surface area contributed by atoms with Crippen molar-refractivity contribution in [2.75, 3.05) is 10.2 Å². The maximum absolute atomic E-state index is 4.47. The summed E-state index contributed by atoms with van der Waals surface area (Å²) in [5, 5.41) is 3.44. The highest BCUT2D eigenvalue weighted by Gasteiger charge is 2.28. The molecule has 3 rings (SSSR count). The van der Waals surface area contributed by atoms with Crippen LogP contribution < -0.4 is 10.2 Å². The van der Waals surface area contributed by atoms with Gasteiger partial charge in [-0.15, -0.1) is 0 Å². The molecule has 2 heterocycles. The molecular weight excluding hydrogens is 210 g/mol. The number of para-hydroxylation sites is 1. The normalized spacial score (nSPS) is 17.8. The van der Waals surface area contributed by atoms with Gasteiger partial charge in [-0.3, -0.25) is 0 Å². The standard InChI is InChI=1S/C14H15N3/c1-10-6-3-4-8-13(10)17-11(2)16-12-7-5-9-15-14(12)17/h3-9,11,16H,1-2H3/t11-/m0/s1. The Morgan fingerprint density at radius 3 is 2.82 bits per heavy atom. The van der Waals surface area contributed by atoms with E-state index in [9.17, 15) is 0 Å². The van der Waals surface area contributed by atoms with Crippen molar-refractivity contribution in [1.82, 2.24) is 4.98 Å². The summed E-state index contributed by atoms with van der Waals surface area (Å²) in [6, 6.07) is 12.4. The molecule has 0 aliphatic carbocycles. The van der Waals surface area contributed by atoms with E-state index in [1.165, 1.54) is 11.3 Å². The van der Waals surface area contributed by atoms with Crippen LogP contribution in [0, 0.1) is 6.92 Å². The summed E-state index contributed by atoms with van der Waals surface area (Å²) in [5.74, 6) is 1.01. The smallest absolute Gasteiger partial charge is 0.158 e. The van der Waals surface area contributed by atoms with Crippen LogP contribution in [0.15, 0.2) is 42.6 Å². The number of aromatic nitrogens is 1. The zero-order valence-electron chi connectivity index (χ0n) is 10.0. The van der Waals surface area contributed by atoms with Crippen molar-refractivity contribution in [2.24, 2.45) is 0 Å². The van der Waals surface area contributed by atoms with Gasteiger partial charge in [-0.05, 0) is 37.6 Å². The van der Waals surface area contributed by atoms with E-state index in [1.54, 1.807) is 0 Å². The van der Waals surface area contributed by atoms with Gasteiger partial charge >= 0.3 is 0 Å². The molecule has 1 aliphatic rings. The van der Waals surface area contributed by atoms with Crippen LogP contribution in [-0.2, 0) is 0 Å². The minimum atomic E-state index is 0.237. The molecule has 0 saturated heterocycles. The molecule has 1 aromatic heterocycles. The predicted octanol–water partition coefficient (Wildman–Crippen LogP) is 3.30. The van der Waals surface area contributed by atoms with Crippen molar-refractivity contribution in [3.63, 3.8) is 0 Å². The quantitative estimate of drug-likeness (QED) is 0.807. The zero-order chi connectivity index (χ0) is 11.8. The highest BCUT2D eigenvalue weighted by Crippen LogP contribution is 2.38. The molecule has 1 aromatic carbocycles. The number of nitrogens with zero attached hydrogens (tertiary/aromatic N) is 2. The predicted molar refractivity (Wildman–Crippen MR) is 70.6 cm³/mol. The fraction of sp³-hybridized carbons (Fsp3) is 0.214. The molecule has 1 aliphatic heterocycles. The fourth-order valence-electron chi connectivity index (χ4n) is 2.33. The Morgan fingerprint density at radius 1 is 1.18 bits per heavy atom. The van der Waals surface area contributed by atoms with E-state index < -0.39 is 0 Å². The van der Waals surface area contributed by atoms with Crippen molar-refractivity contribution in [3.05, 3.63) is 48.2 Å². The Kier molecular flexibility index (Phi) is 2.25. The SMILES string of the molecule is Cc1ccccc1N1c2ncccc2N[C@@H]1C. The van der Waals surface area contributed by atoms with Crippen LogP contribution in [0.4, 0.5) is 17.2 Å². The molecular formula is C14H15N3. The van der Waals surface area contributed by atoms with E-state index in [-0.39, 0.29) is 6.17 Å². The summed E-state index contributed by atoms with van der Waals surface area (Å²) in [5.41, 5.74) is 3.58. The van der Waals surface area contributed by atoms with Crippen molar-refractivity contribution in [3.8, 4) is 0 Å². The summed E-state index contributed by atoms with van der Waals surface area (Å²) in [6.07, 6.45) is 2.07. The molecule has 0 bridgehead atoms. The number of aryl methyl sites for hydroxylation is 1. The van der Waals surface area contributed by atoms with Gasteiger partial charge < -0.3 is 10.2 Å². The molecule has 1 atom stereocenters. The van der Waals surface area contributed by atoms with E-state index in [4.69, 9.17) is 0 Å². The summed E-state index contributed by atoms with van der Waals surface area (Å²) in [7, 11) is 0. The number of anilines is 3. The van der Waals surface area contributed by atoms with Gasteiger partial charge in [0.25, 0.3) is 0 Å². The molecule has 0 spiro atoms. The second-order valence-electron chi connectivity index (χ2n) is 4.35. The monoisotopic (exact) mass is 225 g/mol. The van der Waals surface area contributed by atoms with Gasteiger partial charge in [0, 0.05) is 11.9 Å². The van der Waals surface area contributed by atoms with Crippen molar-refractivity contribution < 1.29 is 0 Å². The van der Waals surface area contributed by atoms with Crippen LogP contribution in [0.3, 0.4) is 0 Å². The Bertz CT molecular complexity index is 551. The van der Waals surface area contributed by atoms with Crippen LogP contribution in [0.5, 0.6) is 0 Å². The van der Waals surface area contributed by atoms with Gasteiger partial charge in [0.05, 0.1) is 5.69 Å². The Morgan fingerprint density at radius 2 is 2.00 bits per heavy atom. The molecule has 0 saturated carbocycles. The molecule has 86 valence electrons. The average molecular weight is 225 g/mol. The number of nitrogens with one attached hydrogen (secondary N) is 1. The largest absolute Gasteiger partial charge is 0.362 e. The van der Waals surface area contributed by atoms with E-state index in [0.717, 1.165) is 11.5 Å². The van der Waals surface area contributed by atoms with Gasteiger partial charge in [0.1, 0.15) is 6.17 Å². The Balaban J connectivity index is 2.13. The van der Waals surface area contributed by atoms with Crippen LogP contribution in [0.2, 0.25) is 0 Å². The lowest BCUT2D eigenvalue weighted by Crippen LogP contribution is -2.29. The van der Waals surface area contributed by atoms with E-state index in [2.05, 4.69) is 59.4 Å². The summed E-state index contributed by atoms with van der Waals surface area (Å²) in [6.45, 7) is 4.27. The van der Waals surface area contributed by atoms with Crippen molar-refractivity contribution in [2.45, 2.75) is 20.0 Å². The highest BCUT2D eigenvalue weighted by atomic mass is 15.4. The number of benzene rings is 1. The molecule has 17 heavy (non-hydrogen) atoms. The van der Waals surface area contributed by atoms with Gasteiger partial charge in [-0.2, -0.15) is 0 Å². The maximum Gasteiger partial charge on any atom is 0.158 e. The number of pyridine rings is 1. The molecule has 3 heteroatoms. The minimum absolute atomic E-state index is 0.237. The van der Waals surface area contributed by atoms with Crippen LogP contribution >= 0.6 is 0 Å². The van der Waals surface area contributed by atoms with Gasteiger partial charge in [0.15, 0.2) is 5.82 Å². The van der Waals surface area contributed by atoms with Crippen molar-refractivity contribution >= 4 is 17.2 Å². The van der Waals surface area contributed by atoms with Gasteiger partial charge in [-0.25, -0.2) is 4.98 Å². The van der Waals surface area contributed by atoms with Crippen molar-refractivity contribution in [1.29, 1.82) is 0 Å². The number of hydrogen-bond donors (Lipinski definition) is 1. The second kappa shape index (κ2) is 3.77. The first-order valence-electron chi connectivity index (χ1n) is 5.84.